The van der Waals surface area contributed by atoms with Crippen LogP contribution in [0.5, 0.6) is 0 Å². The van der Waals surface area contributed by atoms with Crippen LogP contribution in [0.3, 0.4) is 0 Å². The lowest BCUT2D eigenvalue weighted by atomic mass is 10.2. The Morgan fingerprint density at radius 2 is 1.62 bits per heavy atom. The number of benzene rings is 1. The lowest BCUT2D eigenvalue weighted by Crippen LogP contribution is -1.97. The number of Topliss-reactive ketones (excluding diaryl/α,β-unsaturated/α-hetero) is 2. The Hall–Kier alpha value is -2.64. The number of nitrogens with zero attached hydrogens (tertiary/aromatic N) is 1. The third-order valence-corrected chi connectivity index (χ3v) is 5.29. The predicted octanol–water partition coefficient (Wildman–Crippen LogP) is 5.66. The van der Waals surface area contributed by atoms with E-state index in [-0.39, 0.29) is 17.5 Å². The summed E-state index contributed by atoms with van der Waals surface area (Å²) >= 11 is 3.01. The number of aryl methyl sites for hydroxylation is 2. The van der Waals surface area contributed by atoms with E-state index in [1.54, 1.807) is 25.2 Å². The summed E-state index contributed by atoms with van der Waals surface area (Å²) in [5.41, 5.74) is 2.69. The van der Waals surface area contributed by atoms with Gasteiger partial charge in [0.2, 0.25) is 0 Å². The van der Waals surface area contributed by atoms with E-state index in [0.717, 1.165) is 26.7 Å². The molecule has 0 saturated heterocycles. The molecule has 3 rings (SSSR count). The van der Waals surface area contributed by atoms with Crippen molar-refractivity contribution >= 4 is 40.2 Å². The van der Waals surface area contributed by atoms with Gasteiger partial charge in [-0.3, -0.25) is 14.4 Å². The first-order valence-electron chi connectivity index (χ1n) is 8.86. The number of ether oxygens (including phenoxy) is 1. The van der Waals surface area contributed by atoms with Crippen LogP contribution in [0.1, 0.15) is 57.1 Å². The molecule has 0 amide bonds. The van der Waals surface area contributed by atoms with E-state index < -0.39 is 0 Å². The first kappa shape index (κ1) is 24.4. The fourth-order valence-electron chi connectivity index (χ4n) is 2.08. The minimum absolute atomic E-state index is 0.114. The SMILES string of the molecule is CC(=O)OCc1ccccc1.CC(=O)c1ccsc1.CC(=O)c1sc(C)nc1C. The van der Waals surface area contributed by atoms with Gasteiger partial charge < -0.3 is 4.74 Å². The molecule has 154 valence electrons. The van der Waals surface area contributed by atoms with Gasteiger partial charge in [0.15, 0.2) is 11.6 Å². The Balaban J connectivity index is 0.000000220. The van der Waals surface area contributed by atoms with Crippen LogP contribution in [0.4, 0.5) is 0 Å². The molecule has 2 heterocycles. The molecule has 29 heavy (non-hydrogen) atoms. The first-order valence-corrected chi connectivity index (χ1v) is 10.6. The number of hydrogen-bond acceptors (Lipinski definition) is 7. The van der Waals surface area contributed by atoms with Gasteiger partial charge >= 0.3 is 5.97 Å². The number of hydrogen-bond donors (Lipinski definition) is 0. The van der Waals surface area contributed by atoms with Gasteiger partial charge in [-0.25, -0.2) is 4.98 Å². The highest BCUT2D eigenvalue weighted by Gasteiger charge is 2.07. The van der Waals surface area contributed by atoms with Crippen molar-refractivity contribution in [1.82, 2.24) is 4.98 Å². The molecule has 0 aliphatic carbocycles. The number of aromatic nitrogens is 1. The molecule has 0 aliphatic rings. The molecule has 2 aromatic heterocycles. The van der Waals surface area contributed by atoms with Crippen molar-refractivity contribution in [3.8, 4) is 0 Å². The average Bonchev–Trinajstić information content (AvgIpc) is 3.32. The number of ketones is 2. The summed E-state index contributed by atoms with van der Waals surface area (Å²) in [6, 6.07) is 11.4. The molecular formula is C22H25NO4S2. The standard InChI is InChI=1S/C9H10O2.C7H9NOS.C6H6OS/c1-8(10)11-7-9-5-3-2-4-6-9;1-4-7(5(2)9)10-6(3)8-4;1-5(7)6-2-3-8-4-6/h2-6H,7H2,1H3;1-3H3;2-4H,1H3. The Labute approximate surface area is 179 Å². The summed E-state index contributed by atoms with van der Waals surface area (Å²) in [6.07, 6.45) is 0. The number of esters is 1. The van der Waals surface area contributed by atoms with E-state index in [1.165, 1.54) is 18.3 Å². The maximum atomic E-state index is 10.8. The van der Waals surface area contributed by atoms with Gasteiger partial charge in [-0.2, -0.15) is 11.3 Å². The number of thiophene rings is 1. The molecule has 0 aliphatic heterocycles. The zero-order chi connectivity index (χ0) is 21.8. The van der Waals surface area contributed by atoms with Crippen molar-refractivity contribution in [3.63, 3.8) is 0 Å². The second-order valence-corrected chi connectivity index (χ2v) is 8.02. The zero-order valence-corrected chi connectivity index (χ0v) is 18.9. The van der Waals surface area contributed by atoms with Crippen molar-refractivity contribution in [3.05, 3.63) is 73.9 Å². The van der Waals surface area contributed by atoms with Gasteiger partial charge in [-0.15, -0.1) is 11.3 Å². The topological polar surface area (TPSA) is 73.3 Å². The molecule has 0 bridgehead atoms. The molecule has 0 spiro atoms. The van der Waals surface area contributed by atoms with Crippen molar-refractivity contribution < 1.29 is 19.1 Å². The quantitative estimate of drug-likeness (QED) is 0.393. The monoisotopic (exact) mass is 431 g/mol. The van der Waals surface area contributed by atoms with Crippen LogP contribution in [0.2, 0.25) is 0 Å². The molecule has 7 heteroatoms. The van der Waals surface area contributed by atoms with Crippen LogP contribution in [-0.2, 0) is 16.1 Å². The second-order valence-electron chi connectivity index (χ2n) is 6.04. The summed E-state index contributed by atoms with van der Waals surface area (Å²) in [4.78, 5) is 36.7. The number of carbonyl (C=O) groups is 3. The van der Waals surface area contributed by atoms with E-state index in [2.05, 4.69) is 4.98 Å². The molecule has 0 N–H and O–H groups in total. The predicted molar refractivity (Wildman–Crippen MR) is 118 cm³/mol. The van der Waals surface area contributed by atoms with Gasteiger partial charge in [0.05, 0.1) is 15.6 Å². The average molecular weight is 432 g/mol. The molecule has 0 saturated carbocycles. The summed E-state index contributed by atoms with van der Waals surface area (Å²) in [6.45, 7) is 8.69. The van der Waals surface area contributed by atoms with E-state index in [0.29, 0.717) is 6.61 Å². The lowest BCUT2D eigenvalue weighted by molar-refractivity contribution is -0.142. The molecule has 3 aromatic rings. The lowest BCUT2D eigenvalue weighted by Gasteiger charge is -1.99. The van der Waals surface area contributed by atoms with Crippen molar-refractivity contribution in [1.29, 1.82) is 0 Å². The minimum Gasteiger partial charge on any atom is -0.461 e. The van der Waals surface area contributed by atoms with Gasteiger partial charge in [0.1, 0.15) is 6.61 Å². The summed E-state index contributed by atoms with van der Waals surface area (Å²) in [5, 5.41) is 4.71. The minimum atomic E-state index is -0.242. The van der Waals surface area contributed by atoms with Gasteiger partial charge in [-0.05, 0) is 37.8 Å². The van der Waals surface area contributed by atoms with Crippen LogP contribution in [0.25, 0.3) is 0 Å². The number of carbonyl (C=O) groups excluding carboxylic acids is 3. The van der Waals surface area contributed by atoms with E-state index in [1.807, 2.05) is 61.0 Å². The Bertz CT molecular complexity index is 916. The molecule has 0 unspecified atom stereocenters. The van der Waals surface area contributed by atoms with Crippen LogP contribution in [-0.4, -0.2) is 22.5 Å². The van der Waals surface area contributed by atoms with Crippen molar-refractivity contribution in [2.45, 2.75) is 41.2 Å². The smallest absolute Gasteiger partial charge is 0.302 e. The third kappa shape index (κ3) is 9.91. The van der Waals surface area contributed by atoms with Gasteiger partial charge in [-0.1, -0.05) is 30.3 Å². The molecular weight excluding hydrogens is 406 g/mol. The fourth-order valence-corrected chi connectivity index (χ4v) is 3.59. The maximum Gasteiger partial charge on any atom is 0.302 e. The van der Waals surface area contributed by atoms with Gasteiger partial charge in [0, 0.05) is 24.8 Å². The highest BCUT2D eigenvalue weighted by Crippen LogP contribution is 2.16. The Morgan fingerprint density at radius 3 is 1.97 bits per heavy atom. The van der Waals surface area contributed by atoms with Crippen LogP contribution in [0.15, 0.2) is 47.2 Å². The van der Waals surface area contributed by atoms with E-state index >= 15 is 0 Å². The highest BCUT2D eigenvalue weighted by atomic mass is 32.1. The van der Waals surface area contributed by atoms with E-state index in [4.69, 9.17) is 4.74 Å². The third-order valence-electron chi connectivity index (χ3n) is 3.44. The molecule has 0 atom stereocenters. The van der Waals surface area contributed by atoms with Crippen molar-refractivity contribution in [2.24, 2.45) is 0 Å². The zero-order valence-electron chi connectivity index (χ0n) is 17.2. The summed E-state index contributed by atoms with van der Waals surface area (Å²) in [7, 11) is 0. The van der Waals surface area contributed by atoms with Crippen LogP contribution < -0.4 is 0 Å². The second kappa shape index (κ2) is 12.7. The summed E-state index contributed by atoms with van der Waals surface area (Å²) in [5.74, 6) is 0.0169. The molecule has 1 aromatic carbocycles. The van der Waals surface area contributed by atoms with E-state index in [9.17, 15) is 14.4 Å². The Morgan fingerprint density at radius 1 is 0.966 bits per heavy atom. The molecule has 0 radical (unpaired) electrons. The summed E-state index contributed by atoms with van der Waals surface area (Å²) < 4.78 is 4.79. The van der Waals surface area contributed by atoms with Crippen LogP contribution in [0, 0.1) is 13.8 Å². The number of rotatable bonds is 4. The van der Waals surface area contributed by atoms with Gasteiger partial charge in [0.25, 0.3) is 0 Å². The van der Waals surface area contributed by atoms with Crippen molar-refractivity contribution in [2.75, 3.05) is 0 Å². The highest BCUT2D eigenvalue weighted by molar-refractivity contribution is 7.13. The number of thiazole rings is 1. The maximum absolute atomic E-state index is 10.8. The molecule has 5 nitrogen and oxygen atoms in total. The first-order chi connectivity index (χ1) is 13.7. The largest absolute Gasteiger partial charge is 0.461 e. The molecule has 0 fully saturated rings. The fraction of sp³-hybridized carbons (Fsp3) is 0.273. The Kier molecular flexibility index (Phi) is 10.7. The normalized spacial score (nSPS) is 9.41. The van der Waals surface area contributed by atoms with Crippen LogP contribution >= 0.6 is 22.7 Å².